The highest BCUT2D eigenvalue weighted by Gasteiger charge is 2.24. The quantitative estimate of drug-likeness (QED) is 0.865. The highest BCUT2D eigenvalue weighted by Crippen LogP contribution is 2.36. The van der Waals surface area contributed by atoms with E-state index in [1.54, 1.807) is 12.7 Å². The van der Waals surface area contributed by atoms with Crippen molar-refractivity contribution >= 4 is 0 Å². The van der Waals surface area contributed by atoms with Crippen LogP contribution in [0.5, 0.6) is 5.75 Å². The SMILES string of the molecule is CCCC1CNCc2c(C)c(OC)cc(C)c21. The number of fused-ring (bicyclic) bond motifs is 1. The topological polar surface area (TPSA) is 21.3 Å². The molecule has 0 saturated heterocycles. The van der Waals surface area contributed by atoms with Gasteiger partial charge in [-0.2, -0.15) is 0 Å². The van der Waals surface area contributed by atoms with Gasteiger partial charge < -0.3 is 10.1 Å². The average Bonchev–Trinajstić information content (AvgIpc) is 2.34. The van der Waals surface area contributed by atoms with Crippen molar-refractivity contribution in [3.63, 3.8) is 0 Å². The molecule has 1 aliphatic heterocycles. The van der Waals surface area contributed by atoms with Crippen LogP contribution in [0.1, 0.15) is 47.9 Å². The summed E-state index contributed by atoms with van der Waals surface area (Å²) < 4.78 is 5.46. The average molecular weight is 233 g/mol. The molecule has 2 nitrogen and oxygen atoms in total. The van der Waals surface area contributed by atoms with Crippen molar-refractivity contribution in [2.24, 2.45) is 0 Å². The lowest BCUT2D eigenvalue weighted by Gasteiger charge is -2.30. The van der Waals surface area contributed by atoms with Crippen LogP contribution in [-0.4, -0.2) is 13.7 Å². The van der Waals surface area contributed by atoms with Crippen molar-refractivity contribution in [2.45, 2.75) is 46.1 Å². The highest BCUT2D eigenvalue weighted by molar-refractivity contribution is 5.51. The second kappa shape index (κ2) is 5.09. The molecule has 2 rings (SSSR count). The molecule has 0 aromatic heterocycles. The number of ether oxygens (including phenoxy) is 1. The molecule has 1 heterocycles. The fourth-order valence-electron chi connectivity index (χ4n) is 3.05. The van der Waals surface area contributed by atoms with E-state index in [4.69, 9.17) is 4.74 Å². The van der Waals surface area contributed by atoms with Crippen LogP contribution >= 0.6 is 0 Å². The first-order valence-electron chi connectivity index (χ1n) is 6.56. The van der Waals surface area contributed by atoms with E-state index in [9.17, 15) is 0 Å². The summed E-state index contributed by atoms with van der Waals surface area (Å²) in [6, 6.07) is 2.20. The van der Waals surface area contributed by atoms with E-state index >= 15 is 0 Å². The fraction of sp³-hybridized carbons (Fsp3) is 0.600. The Labute approximate surface area is 104 Å². The summed E-state index contributed by atoms with van der Waals surface area (Å²) in [4.78, 5) is 0. The lowest BCUT2D eigenvalue weighted by Crippen LogP contribution is -2.29. The Kier molecular flexibility index (Phi) is 3.72. The Morgan fingerprint density at radius 3 is 2.82 bits per heavy atom. The number of rotatable bonds is 3. The number of aryl methyl sites for hydroxylation is 1. The fourth-order valence-corrected chi connectivity index (χ4v) is 3.05. The van der Waals surface area contributed by atoms with E-state index < -0.39 is 0 Å². The minimum atomic E-state index is 0.674. The second-order valence-electron chi connectivity index (χ2n) is 5.03. The van der Waals surface area contributed by atoms with Crippen molar-refractivity contribution in [1.29, 1.82) is 0 Å². The Morgan fingerprint density at radius 1 is 1.41 bits per heavy atom. The number of hydrogen-bond acceptors (Lipinski definition) is 2. The molecule has 0 bridgehead atoms. The van der Waals surface area contributed by atoms with Crippen LogP contribution in [0.25, 0.3) is 0 Å². The molecule has 1 atom stereocenters. The maximum Gasteiger partial charge on any atom is 0.122 e. The first-order chi connectivity index (χ1) is 8.19. The van der Waals surface area contributed by atoms with E-state index in [0.29, 0.717) is 5.92 Å². The van der Waals surface area contributed by atoms with Gasteiger partial charge in [-0.05, 0) is 54.5 Å². The molecule has 0 radical (unpaired) electrons. The van der Waals surface area contributed by atoms with E-state index in [2.05, 4.69) is 32.2 Å². The van der Waals surface area contributed by atoms with Crippen LogP contribution in [-0.2, 0) is 6.54 Å². The predicted octanol–water partition coefficient (Wildman–Crippen LogP) is 3.30. The first-order valence-corrected chi connectivity index (χ1v) is 6.56. The predicted molar refractivity (Wildman–Crippen MR) is 71.8 cm³/mol. The van der Waals surface area contributed by atoms with Gasteiger partial charge in [-0.25, -0.2) is 0 Å². The van der Waals surface area contributed by atoms with Gasteiger partial charge in [-0.15, -0.1) is 0 Å². The molecule has 0 fully saturated rings. The van der Waals surface area contributed by atoms with E-state index in [1.165, 1.54) is 29.5 Å². The molecule has 1 N–H and O–H groups in total. The van der Waals surface area contributed by atoms with Gasteiger partial charge in [0.1, 0.15) is 5.75 Å². The standard InChI is InChI=1S/C15H23NO/c1-5-6-12-8-16-9-13-11(3)14(17-4)7-10(2)15(12)13/h7,12,16H,5-6,8-9H2,1-4H3. The van der Waals surface area contributed by atoms with Crippen molar-refractivity contribution < 1.29 is 4.74 Å². The summed E-state index contributed by atoms with van der Waals surface area (Å²) in [5.41, 5.74) is 5.74. The van der Waals surface area contributed by atoms with E-state index in [1.807, 2.05) is 0 Å². The van der Waals surface area contributed by atoms with Crippen LogP contribution in [0.4, 0.5) is 0 Å². The van der Waals surface area contributed by atoms with E-state index in [0.717, 1.165) is 18.8 Å². The molecule has 1 aromatic rings. The van der Waals surface area contributed by atoms with Gasteiger partial charge in [0.15, 0.2) is 0 Å². The molecule has 0 aliphatic carbocycles. The molecule has 94 valence electrons. The van der Waals surface area contributed by atoms with E-state index in [-0.39, 0.29) is 0 Å². The molecule has 0 spiro atoms. The summed E-state index contributed by atoms with van der Waals surface area (Å²) in [7, 11) is 1.76. The largest absolute Gasteiger partial charge is 0.496 e. The molecule has 2 heteroatoms. The van der Waals surface area contributed by atoms with Gasteiger partial charge in [0.2, 0.25) is 0 Å². The van der Waals surface area contributed by atoms with Gasteiger partial charge >= 0.3 is 0 Å². The third-order valence-electron chi connectivity index (χ3n) is 3.88. The first kappa shape index (κ1) is 12.4. The normalized spacial score (nSPS) is 18.9. The Hall–Kier alpha value is -1.02. The van der Waals surface area contributed by atoms with Crippen LogP contribution in [0.2, 0.25) is 0 Å². The summed E-state index contributed by atoms with van der Waals surface area (Å²) in [5.74, 6) is 1.70. The van der Waals surface area contributed by atoms with Gasteiger partial charge in [0.05, 0.1) is 7.11 Å². The van der Waals surface area contributed by atoms with Crippen molar-refractivity contribution in [1.82, 2.24) is 5.32 Å². The molecule has 1 unspecified atom stereocenters. The summed E-state index contributed by atoms with van der Waals surface area (Å²) in [5, 5.41) is 3.54. The van der Waals surface area contributed by atoms with Crippen LogP contribution in [0.15, 0.2) is 6.07 Å². The molecule has 0 amide bonds. The number of nitrogens with one attached hydrogen (secondary N) is 1. The summed E-state index contributed by atoms with van der Waals surface area (Å²) >= 11 is 0. The van der Waals surface area contributed by atoms with Crippen molar-refractivity contribution in [3.8, 4) is 5.75 Å². The van der Waals surface area contributed by atoms with Crippen LogP contribution < -0.4 is 10.1 Å². The zero-order valence-corrected chi connectivity index (χ0v) is 11.4. The molecule has 17 heavy (non-hydrogen) atoms. The monoisotopic (exact) mass is 233 g/mol. The van der Waals surface area contributed by atoms with Crippen molar-refractivity contribution in [3.05, 3.63) is 28.3 Å². The number of hydrogen-bond donors (Lipinski definition) is 1. The maximum atomic E-state index is 5.46. The number of methoxy groups -OCH3 is 1. The maximum absolute atomic E-state index is 5.46. The Morgan fingerprint density at radius 2 is 2.18 bits per heavy atom. The lowest BCUT2D eigenvalue weighted by molar-refractivity contribution is 0.408. The lowest BCUT2D eigenvalue weighted by atomic mass is 9.82. The zero-order valence-electron chi connectivity index (χ0n) is 11.4. The van der Waals surface area contributed by atoms with Crippen molar-refractivity contribution in [2.75, 3.05) is 13.7 Å². The third kappa shape index (κ3) is 2.19. The Balaban J connectivity index is 2.51. The molecule has 0 saturated carbocycles. The van der Waals surface area contributed by atoms with Crippen LogP contribution in [0, 0.1) is 13.8 Å². The molecule has 1 aliphatic rings. The van der Waals surface area contributed by atoms with Gasteiger partial charge in [-0.3, -0.25) is 0 Å². The molecular weight excluding hydrogens is 210 g/mol. The Bertz CT molecular complexity index is 412. The van der Waals surface area contributed by atoms with Gasteiger partial charge in [0, 0.05) is 13.1 Å². The van der Waals surface area contributed by atoms with Gasteiger partial charge in [-0.1, -0.05) is 13.3 Å². The molecule has 1 aromatic carbocycles. The third-order valence-corrected chi connectivity index (χ3v) is 3.88. The minimum Gasteiger partial charge on any atom is -0.496 e. The zero-order chi connectivity index (χ0) is 12.4. The van der Waals surface area contributed by atoms with Crippen LogP contribution in [0.3, 0.4) is 0 Å². The summed E-state index contributed by atoms with van der Waals surface area (Å²) in [6.45, 7) is 8.76. The smallest absolute Gasteiger partial charge is 0.122 e. The highest BCUT2D eigenvalue weighted by atomic mass is 16.5. The second-order valence-corrected chi connectivity index (χ2v) is 5.03. The summed E-state index contributed by atoms with van der Waals surface area (Å²) in [6.07, 6.45) is 2.52. The minimum absolute atomic E-state index is 0.674. The number of benzene rings is 1. The molecular formula is C15H23NO. The van der Waals surface area contributed by atoms with Gasteiger partial charge in [0.25, 0.3) is 0 Å².